The van der Waals surface area contributed by atoms with E-state index in [1.807, 2.05) is 0 Å². The zero-order valence-corrected chi connectivity index (χ0v) is 44.4. The van der Waals surface area contributed by atoms with Gasteiger partial charge in [-0.2, -0.15) is 0 Å². The highest BCUT2D eigenvalue weighted by Crippen LogP contribution is 2.15. The van der Waals surface area contributed by atoms with Gasteiger partial charge in [-0.1, -0.05) is 223 Å². The van der Waals surface area contributed by atoms with Crippen molar-refractivity contribution >= 4 is 17.9 Å². The van der Waals surface area contributed by atoms with Gasteiger partial charge in [0.15, 0.2) is 6.10 Å². The molecule has 1 atom stereocenters. The first kappa shape index (κ1) is 64.1. The number of ether oxygens (including phenoxy) is 3. The van der Waals surface area contributed by atoms with Crippen LogP contribution in [0.4, 0.5) is 0 Å². The lowest BCUT2D eigenvalue weighted by atomic mass is 10.1. The van der Waals surface area contributed by atoms with Gasteiger partial charge in [0.25, 0.3) is 0 Å². The van der Waals surface area contributed by atoms with Gasteiger partial charge in [-0.25, -0.2) is 0 Å². The summed E-state index contributed by atoms with van der Waals surface area (Å²) in [6, 6.07) is 0. The van der Waals surface area contributed by atoms with E-state index in [0.717, 1.165) is 103 Å². The minimum Gasteiger partial charge on any atom is -0.462 e. The average Bonchev–Trinajstić information content (AvgIpc) is 3.33. The molecule has 0 N–H and O–H groups in total. The van der Waals surface area contributed by atoms with Gasteiger partial charge in [0, 0.05) is 19.3 Å². The Bertz CT molecular complexity index is 1210. The van der Waals surface area contributed by atoms with Crippen molar-refractivity contribution in [2.75, 3.05) is 13.2 Å². The zero-order chi connectivity index (χ0) is 48.6. The molecule has 0 aliphatic carbocycles. The van der Waals surface area contributed by atoms with Crippen LogP contribution in [-0.4, -0.2) is 37.2 Å². The van der Waals surface area contributed by atoms with Crippen molar-refractivity contribution in [2.45, 2.75) is 297 Å². The molecule has 6 heteroatoms. The molecule has 0 aliphatic heterocycles. The lowest BCUT2D eigenvalue weighted by Crippen LogP contribution is -2.30. The van der Waals surface area contributed by atoms with Crippen molar-refractivity contribution < 1.29 is 28.6 Å². The van der Waals surface area contributed by atoms with E-state index in [0.29, 0.717) is 19.3 Å². The van der Waals surface area contributed by atoms with Crippen molar-refractivity contribution in [1.29, 1.82) is 0 Å². The maximum absolute atomic E-state index is 12.8. The summed E-state index contributed by atoms with van der Waals surface area (Å²) >= 11 is 0. The van der Waals surface area contributed by atoms with Crippen LogP contribution in [0.15, 0.2) is 60.8 Å². The molecule has 0 aliphatic rings. The van der Waals surface area contributed by atoms with Crippen molar-refractivity contribution in [1.82, 2.24) is 0 Å². The number of hydrogen-bond acceptors (Lipinski definition) is 6. The van der Waals surface area contributed by atoms with E-state index >= 15 is 0 Å². The summed E-state index contributed by atoms with van der Waals surface area (Å²) in [5.74, 6) is -0.908. The van der Waals surface area contributed by atoms with Crippen LogP contribution in [0, 0.1) is 0 Å². The number of unbranched alkanes of at least 4 members (excludes halogenated alkanes) is 31. The smallest absolute Gasteiger partial charge is 0.306 e. The first-order valence-corrected chi connectivity index (χ1v) is 28.8. The van der Waals surface area contributed by atoms with Crippen LogP contribution in [0.5, 0.6) is 0 Å². The Kier molecular flexibility index (Phi) is 53.3. The monoisotopic (exact) mass is 937 g/mol. The molecule has 0 aromatic heterocycles. The molecule has 0 rings (SSSR count). The minimum atomic E-state index is -0.789. The maximum Gasteiger partial charge on any atom is 0.306 e. The van der Waals surface area contributed by atoms with Crippen molar-refractivity contribution in [3.8, 4) is 0 Å². The fraction of sp³-hybridized carbons (Fsp3) is 0.787. The Morgan fingerprint density at radius 3 is 0.851 bits per heavy atom. The summed E-state index contributed by atoms with van der Waals surface area (Å²) in [5.41, 5.74) is 0. The standard InChI is InChI=1S/C61H108O6/c1-4-7-10-13-16-19-22-25-28-31-34-36-39-42-45-48-51-54-60(63)66-57-58(67-61(64)55-52-49-46-43-40-37-33-30-27-24-21-18-15-12-9-6-3)56-65-59(62)53-50-47-44-41-38-35-32-29-26-23-20-17-14-11-8-5-2/h20-21,23-25,28-30,32-33,58H,4-19,22,26-27,31,34-57H2,1-3H3/b23-20-,24-21-,28-25-,32-29-,33-30-. The maximum atomic E-state index is 12.8. The van der Waals surface area contributed by atoms with E-state index in [-0.39, 0.29) is 31.1 Å². The van der Waals surface area contributed by atoms with Crippen LogP contribution in [0.25, 0.3) is 0 Å². The summed E-state index contributed by atoms with van der Waals surface area (Å²) in [6.07, 6.45) is 69.1. The van der Waals surface area contributed by atoms with E-state index in [4.69, 9.17) is 14.2 Å². The fourth-order valence-corrected chi connectivity index (χ4v) is 8.09. The first-order chi connectivity index (χ1) is 33.0. The second kappa shape index (κ2) is 55.7. The third-order valence-corrected chi connectivity index (χ3v) is 12.5. The topological polar surface area (TPSA) is 78.9 Å². The number of rotatable bonds is 52. The van der Waals surface area contributed by atoms with Gasteiger partial charge < -0.3 is 14.2 Å². The summed E-state index contributed by atoms with van der Waals surface area (Å²) in [6.45, 7) is 6.60. The van der Waals surface area contributed by atoms with Crippen LogP contribution in [0.1, 0.15) is 290 Å². The molecular formula is C61H108O6. The average molecular weight is 938 g/mol. The van der Waals surface area contributed by atoms with Crippen LogP contribution in [0.2, 0.25) is 0 Å². The van der Waals surface area contributed by atoms with Crippen LogP contribution in [-0.2, 0) is 28.6 Å². The van der Waals surface area contributed by atoms with Crippen molar-refractivity contribution in [3.63, 3.8) is 0 Å². The zero-order valence-electron chi connectivity index (χ0n) is 44.4. The quantitative estimate of drug-likeness (QED) is 0.0262. The molecule has 0 aromatic rings. The van der Waals surface area contributed by atoms with E-state index < -0.39 is 6.10 Å². The second-order valence-corrected chi connectivity index (χ2v) is 19.2. The Morgan fingerprint density at radius 1 is 0.299 bits per heavy atom. The number of carbonyl (C=O) groups excluding carboxylic acids is 3. The molecule has 0 heterocycles. The second-order valence-electron chi connectivity index (χ2n) is 19.2. The van der Waals surface area contributed by atoms with E-state index in [9.17, 15) is 14.4 Å². The summed E-state index contributed by atoms with van der Waals surface area (Å²) in [4.78, 5) is 38.1. The fourth-order valence-electron chi connectivity index (χ4n) is 8.09. The molecule has 0 fully saturated rings. The number of hydrogen-bond donors (Lipinski definition) is 0. The van der Waals surface area contributed by atoms with Gasteiger partial charge in [0.1, 0.15) is 13.2 Å². The lowest BCUT2D eigenvalue weighted by Gasteiger charge is -2.18. The molecule has 1 unspecified atom stereocenters. The van der Waals surface area contributed by atoms with Crippen molar-refractivity contribution in [3.05, 3.63) is 60.8 Å². The Hall–Kier alpha value is -2.89. The largest absolute Gasteiger partial charge is 0.462 e. The molecular weight excluding hydrogens is 829 g/mol. The highest BCUT2D eigenvalue weighted by molar-refractivity contribution is 5.71. The molecule has 0 amide bonds. The Balaban J connectivity index is 4.42. The predicted octanol–water partition coefficient (Wildman–Crippen LogP) is 19.2. The molecule has 67 heavy (non-hydrogen) atoms. The number of allylic oxidation sites excluding steroid dienone is 10. The van der Waals surface area contributed by atoms with E-state index in [2.05, 4.69) is 81.5 Å². The third kappa shape index (κ3) is 53.9. The number of carbonyl (C=O) groups is 3. The van der Waals surface area contributed by atoms with Crippen LogP contribution in [0.3, 0.4) is 0 Å². The predicted molar refractivity (Wildman–Crippen MR) is 288 cm³/mol. The summed E-state index contributed by atoms with van der Waals surface area (Å²) < 4.78 is 16.9. The van der Waals surface area contributed by atoms with Gasteiger partial charge in [0.05, 0.1) is 0 Å². The SMILES string of the molecule is CCCCCC/C=C\C/C=C\CCCCCCCC(=O)OCC(COC(=O)CCCCCCCCC/C=C\CCCCCCCC)OC(=O)CCCCCCC/C=C\C/C=C\CCCCCC. The minimum absolute atomic E-state index is 0.0860. The Morgan fingerprint density at radius 2 is 0.537 bits per heavy atom. The molecule has 0 radical (unpaired) electrons. The lowest BCUT2D eigenvalue weighted by molar-refractivity contribution is -0.167. The summed E-state index contributed by atoms with van der Waals surface area (Å²) in [7, 11) is 0. The molecule has 0 bridgehead atoms. The first-order valence-electron chi connectivity index (χ1n) is 28.8. The molecule has 0 saturated carbocycles. The van der Waals surface area contributed by atoms with Crippen molar-refractivity contribution in [2.24, 2.45) is 0 Å². The number of esters is 3. The third-order valence-electron chi connectivity index (χ3n) is 12.5. The normalized spacial score (nSPS) is 12.5. The Labute approximate surface area is 415 Å². The van der Waals surface area contributed by atoms with Gasteiger partial charge in [0.2, 0.25) is 0 Å². The molecule has 0 saturated heterocycles. The molecule has 0 aromatic carbocycles. The van der Waals surface area contributed by atoms with E-state index in [1.165, 1.54) is 148 Å². The van der Waals surface area contributed by atoms with Gasteiger partial charge in [-0.15, -0.1) is 0 Å². The highest BCUT2D eigenvalue weighted by atomic mass is 16.6. The highest BCUT2D eigenvalue weighted by Gasteiger charge is 2.19. The summed E-state index contributed by atoms with van der Waals surface area (Å²) in [5, 5.41) is 0. The molecule has 0 spiro atoms. The molecule has 6 nitrogen and oxygen atoms in total. The van der Waals surface area contributed by atoms with Crippen LogP contribution >= 0.6 is 0 Å². The molecule has 388 valence electrons. The van der Waals surface area contributed by atoms with E-state index in [1.54, 1.807) is 0 Å². The van der Waals surface area contributed by atoms with Gasteiger partial charge in [-0.3, -0.25) is 14.4 Å². The van der Waals surface area contributed by atoms with Gasteiger partial charge in [-0.05, 0) is 109 Å². The van der Waals surface area contributed by atoms with Gasteiger partial charge >= 0.3 is 17.9 Å². The van der Waals surface area contributed by atoms with Crippen LogP contribution < -0.4 is 0 Å².